The summed E-state index contributed by atoms with van der Waals surface area (Å²) in [6.07, 6.45) is -2.46. The molecular weight excluding hydrogens is 288 g/mol. The van der Waals surface area contributed by atoms with Crippen molar-refractivity contribution in [1.29, 1.82) is 0 Å². The number of benzene rings is 1. The van der Waals surface area contributed by atoms with E-state index < -0.39 is 24.1 Å². The van der Waals surface area contributed by atoms with Crippen LogP contribution >= 0.6 is 0 Å². The Labute approximate surface area is 128 Å². The number of aryl methyl sites for hydroxylation is 1. The lowest BCUT2D eigenvalue weighted by Crippen LogP contribution is -2.48. The third-order valence-corrected chi connectivity index (χ3v) is 3.70. The highest BCUT2D eigenvalue weighted by atomic mass is 16.5. The Kier molecular flexibility index (Phi) is 5.31. The zero-order valence-electron chi connectivity index (χ0n) is 12.5. The summed E-state index contributed by atoms with van der Waals surface area (Å²) in [5.74, 6) is -0.362. The van der Waals surface area contributed by atoms with Crippen molar-refractivity contribution >= 4 is 5.78 Å². The van der Waals surface area contributed by atoms with Gasteiger partial charge in [0.25, 0.3) is 0 Å². The van der Waals surface area contributed by atoms with E-state index in [1.54, 1.807) is 6.07 Å². The Morgan fingerprint density at radius 1 is 1.23 bits per heavy atom. The second-order valence-corrected chi connectivity index (χ2v) is 5.27. The highest BCUT2D eigenvalue weighted by Gasteiger charge is 2.38. The van der Waals surface area contributed by atoms with Crippen molar-refractivity contribution < 1.29 is 29.6 Å². The lowest BCUT2D eigenvalue weighted by Gasteiger charge is -2.30. The van der Waals surface area contributed by atoms with Gasteiger partial charge in [-0.15, -0.1) is 0 Å². The van der Waals surface area contributed by atoms with Crippen LogP contribution < -0.4 is 0 Å². The third-order valence-electron chi connectivity index (χ3n) is 3.70. The van der Waals surface area contributed by atoms with E-state index >= 15 is 0 Å². The Morgan fingerprint density at radius 2 is 1.95 bits per heavy atom. The van der Waals surface area contributed by atoms with Crippen molar-refractivity contribution in [3.63, 3.8) is 0 Å². The molecule has 120 valence electrons. The van der Waals surface area contributed by atoms with Gasteiger partial charge in [0.15, 0.2) is 5.78 Å². The molecule has 0 aromatic heterocycles. The smallest absolute Gasteiger partial charge is 0.192 e. The van der Waals surface area contributed by atoms with Crippen molar-refractivity contribution in [2.75, 3.05) is 13.7 Å². The van der Waals surface area contributed by atoms with E-state index in [1.807, 2.05) is 13.0 Å². The molecule has 3 N–H and O–H groups in total. The topological polar surface area (TPSA) is 96.2 Å². The average molecular weight is 308 g/mol. The highest BCUT2D eigenvalue weighted by molar-refractivity contribution is 6.00. The van der Waals surface area contributed by atoms with Gasteiger partial charge >= 0.3 is 0 Å². The molecule has 1 aliphatic carbocycles. The fraction of sp³-hybridized carbons (Fsp3) is 0.438. The van der Waals surface area contributed by atoms with Gasteiger partial charge in [-0.2, -0.15) is 0 Å². The summed E-state index contributed by atoms with van der Waals surface area (Å²) in [7, 11) is 1.44. The molecule has 0 bridgehead atoms. The third kappa shape index (κ3) is 3.36. The van der Waals surface area contributed by atoms with Crippen molar-refractivity contribution in [2.24, 2.45) is 0 Å². The second-order valence-electron chi connectivity index (χ2n) is 5.27. The van der Waals surface area contributed by atoms with Gasteiger partial charge in [-0.1, -0.05) is 12.1 Å². The summed E-state index contributed by atoms with van der Waals surface area (Å²) in [5, 5.41) is 29.6. The minimum atomic E-state index is -1.35. The molecule has 2 rings (SSSR count). The van der Waals surface area contributed by atoms with Gasteiger partial charge in [-0.05, 0) is 24.6 Å². The van der Waals surface area contributed by atoms with Gasteiger partial charge in [0.05, 0.1) is 13.2 Å². The minimum absolute atomic E-state index is 0.0398. The zero-order chi connectivity index (χ0) is 16.3. The largest absolute Gasteiger partial charge is 0.508 e. The van der Waals surface area contributed by atoms with E-state index in [9.17, 15) is 20.1 Å². The molecule has 0 spiro atoms. The molecule has 22 heavy (non-hydrogen) atoms. The molecule has 3 atom stereocenters. The molecule has 0 saturated carbocycles. The summed E-state index contributed by atoms with van der Waals surface area (Å²) in [6, 6.07) is 5.04. The van der Waals surface area contributed by atoms with Crippen LogP contribution in [0.25, 0.3) is 0 Å². The van der Waals surface area contributed by atoms with E-state index in [-0.39, 0.29) is 24.5 Å². The predicted molar refractivity (Wildman–Crippen MR) is 78.4 cm³/mol. The van der Waals surface area contributed by atoms with Gasteiger partial charge in [0, 0.05) is 18.2 Å². The number of methoxy groups -OCH3 is 1. The normalized spacial score (nSPS) is 25.2. The zero-order valence-corrected chi connectivity index (χ0v) is 12.5. The summed E-state index contributed by atoms with van der Waals surface area (Å²) < 4.78 is 10.4. The number of rotatable bonds is 5. The van der Waals surface area contributed by atoms with E-state index in [4.69, 9.17) is 9.47 Å². The second kappa shape index (κ2) is 7.02. The van der Waals surface area contributed by atoms with Crippen LogP contribution in [0, 0.1) is 6.92 Å². The Balaban J connectivity index is 2.15. The fourth-order valence-electron chi connectivity index (χ4n) is 2.40. The van der Waals surface area contributed by atoms with Gasteiger partial charge in [-0.3, -0.25) is 4.79 Å². The molecule has 6 heteroatoms. The van der Waals surface area contributed by atoms with E-state index in [2.05, 4.69) is 0 Å². The standard InChI is InChI=1S/C16H20O6/c1-9-4-3-5-12(17)11(9)8-22-16-14(19)10(7-21-2)6-13(18)15(16)20/h3-6,13,15-18,20H,7-8H2,1-2H3/t13-,15-,16-/m1/s1. The number of ketones is 1. The Bertz CT molecular complexity index is 560. The Morgan fingerprint density at radius 3 is 2.59 bits per heavy atom. The number of aliphatic hydroxyl groups excluding tert-OH is 2. The molecule has 0 radical (unpaired) electrons. The number of hydrogen-bond donors (Lipinski definition) is 3. The van der Waals surface area contributed by atoms with Crippen LogP contribution in [0.1, 0.15) is 11.1 Å². The number of phenolic OH excluding ortho intramolecular Hbond substituents is 1. The first-order valence-electron chi connectivity index (χ1n) is 6.94. The molecule has 6 nitrogen and oxygen atoms in total. The van der Waals surface area contributed by atoms with Gasteiger partial charge in [0.2, 0.25) is 0 Å². The van der Waals surface area contributed by atoms with E-state index in [0.717, 1.165) is 5.56 Å². The van der Waals surface area contributed by atoms with Crippen LogP contribution in [0.15, 0.2) is 29.8 Å². The molecule has 0 aliphatic heterocycles. The first-order valence-corrected chi connectivity index (χ1v) is 6.94. The molecular formula is C16H20O6. The van der Waals surface area contributed by atoms with Crippen LogP contribution in [-0.4, -0.2) is 53.1 Å². The molecule has 0 heterocycles. The molecule has 1 aromatic rings. The van der Waals surface area contributed by atoms with E-state index in [1.165, 1.54) is 19.3 Å². The SMILES string of the molecule is COCC1=C[C@@H](O)[C@@H](O)[C@H](OCc2c(C)cccc2O)C1=O. The van der Waals surface area contributed by atoms with Crippen molar-refractivity contribution in [1.82, 2.24) is 0 Å². The summed E-state index contributed by atoms with van der Waals surface area (Å²) in [5.41, 5.74) is 1.62. The highest BCUT2D eigenvalue weighted by Crippen LogP contribution is 2.25. The minimum Gasteiger partial charge on any atom is -0.508 e. The number of ether oxygens (including phenoxy) is 2. The van der Waals surface area contributed by atoms with Crippen LogP contribution in [-0.2, 0) is 20.9 Å². The number of carbonyl (C=O) groups excluding carboxylic acids is 1. The van der Waals surface area contributed by atoms with Gasteiger partial charge in [-0.25, -0.2) is 0 Å². The molecule has 0 amide bonds. The molecule has 1 aliphatic rings. The number of hydrogen-bond acceptors (Lipinski definition) is 6. The van der Waals surface area contributed by atoms with Gasteiger partial charge < -0.3 is 24.8 Å². The number of aromatic hydroxyl groups is 1. The molecule has 1 aromatic carbocycles. The average Bonchev–Trinajstić information content (AvgIpc) is 2.47. The number of phenols is 1. The molecule has 0 fully saturated rings. The maximum atomic E-state index is 12.3. The monoisotopic (exact) mass is 308 g/mol. The van der Waals surface area contributed by atoms with Gasteiger partial charge in [0.1, 0.15) is 24.1 Å². The van der Waals surface area contributed by atoms with Crippen molar-refractivity contribution in [2.45, 2.75) is 31.8 Å². The van der Waals surface area contributed by atoms with Crippen LogP contribution in [0.2, 0.25) is 0 Å². The van der Waals surface area contributed by atoms with Crippen LogP contribution in [0.3, 0.4) is 0 Å². The predicted octanol–water partition coefficient (Wildman–Crippen LogP) is 0.463. The number of aliphatic hydroxyl groups is 2. The lowest BCUT2D eigenvalue weighted by molar-refractivity contribution is -0.144. The maximum Gasteiger partial charge on any atom is 0.192 e. The summed E-state index contributed by atoms with van der Waals surface area (Å²) in [4.78, 5) is 12.3. The number of Topliss-reactive ketones (excluding diaryl/α,β-unsaturated/α-hetero) is 1. The Hall–Kier alpha value is -1.73. The van der Waals surface area contributed by atoms with E-state index in [0.29, 0.717) is 5.56 Å². The maximum absolute atomic E-state index is 12.3. The van der Waals surface area contributed by atoms with Crippen molar-refractivity contribution in [3.05, 3.63) is 41.0 Å². The fourth-order valence-corrected chi connectivity index (χ4v) is 2.40. The van der Waals surface area contributed by atoms with Crippen LogP contribution in [0.4, 0.5) is 0 Å². The lowest BCUT2D eigenvalue weighted by atomic mass is 9.91. The van der Waals surface area contributed by atoms with Crippen LogP contribution in [0.5, 0.6) is 5.75 Å². The first kappa shape index (κ1) is 16.6. The quantitative estimate of drug-likeness (QED) is 0.731. The first-order chi connectivity index (χ1) is 10.5. The van der Waals surface area contributed by atoms with Crippen molar-refractivity contribution in [3.8, 4) is 5.75 Å². The summed E-state index contributed by atoms with van der Waals surface area (Å²) in [6.45, 7) is 1.81. The molecule has 0 unspecified atom stereocenters. The number of carbonyl (C=O) groups is 1. The summed E-state index contributed by atoms with van der Waals surface area (Å²) >= 11 is 0. The molecule has 0 saturated heterocycles.